The minimum Gasteiger partial charge on any atom is -0.383 e. The predicted molar refractivity (Wildman–Crippen MR) is 87.5 cm³/mol. The van der Waals surface area contributed by atoms with Crippen molar-refractivity contribution in [1.82, 2.24) is 5.32 Å². The van der Waals surface area contributed by atoms with Crippen LogP contribution in [0.5, 0.6) is 0 Å². The van der Waals surface area contributed by atoms with E-state index in [1.54, 1.807) is 7.11 Å². The molecule has 0 radical (unpaired) electrons. The van der Waals surface area contributed by atoms with Crippen molar-refractivity contribution >= 4 is 5.69 Å². The summed E-state index contributed by atoms with van der Waals surface area (Å²) in [5, 5.41) is 12.8. The van der Waals surface area contributed by atoms with Crippen molar-refractivity contribution < 1.29 is 4.74 Å². The van der Waals surface area contributed by atoms with Gasteiger partial charge in [-0.2, -0.15) is 5.26 Å². The summed E-state index contributed by atoms with van der Waals surface area (Å²) < 4.78 is 5.17. The van der Waals surface area contributed by atoms with E-state index in [0.717, 1.165) is 29.9 Å². The number of benzene rings is 1. The van der Waals surface area contributed by atoms with Gasteiger partial charge < -0.3 is 15.0 Å². The summed E-state index contributed by atoms with van der Waals surface area (Å²) in [6.07, 6.45) is 0. The minimum absolute atomic E-state index is 0.326. The van der Waals surface area contributed by atoms with E-state index >= 15 is 0 Å². The number of rotatable bonds is 8. The predicted octanol–water partition coefficient (Wildman–Crippen LogP) is 2.92. The quantitative estimate of drug-likeness (QED) is 0.799. The molecule has 0 bridgehead atoms. The molecule has 0 heterocycles. The second-order valence-corrected chi connectivity index (χ2v) is 5.78. The SMILES string of the molecule is COCCN(c1ccc(CNC(C)C)cc1C#N)C(C)C. The summed E-state index contributed by atoms with van der Waals surface area (Å²) >= 11 is 0. The van der Waals surface area contributed by atoms with Crippen molar-refractivity contribution in [2.75, 3.05) is 25.2 Å². The lowest BCUT2D eigenvalue weighted by Crippen LogP contribution is -2.34. The molecule has 0 aliphatic rings. The highest BCUT2D eigenvalue weighted by Crippen LogP contribution is 2.23. The Morgan fingerprint density at radius 3 is 2.52 bits per heavy atom. The van der Waals surface area contributed by atoms with Crippen LogP contribution in [-0.4, -0.2) is 32.3 Å². The first kappa shape index (κ1) is 17.5. The van der Waals surface area contributed by atoms with Crippen molar-refractivity contribution in [2.45, 2.75) is 46.3 Å². The molecule has 0 fully saturated rings. The molecule has 1 N–H and O–H groups in total. The lowest BCUT2D eigenvalue weighted by atomic mass is 10.1. The third kappa shape index (κ3) is 5.37. The number of nitriles is 1. The Labute approximate surface area is 128 Å². The minimum atomic E-state index is 0.326. The highest BCUT2D eigenvalue weighted by molar-refractivity contribution is 5.61. The van der Waals surface area contributed by atoms with Gasteiger partial charge in [-0.3, -0.25) is 0 Å². The van der Waals surface area contributed by atoms with Crippen molar-refractivity contribution in [3.05, 3.63) is 29.3 Å². The summed E-state index contributed by atoms with van der Waals surface area (Å²) in [5.41, 5.74) is 2.85. The molecule has 1 aromatic carbocycles. The number of methoxy groups -OCH3 is 1. The first-order chi connectivity index (χ1) is 9.99. The summed E-state index contributed by atoms with van der Waals surface area (Å²) in [7, 11) is 1.70. The Bertz CT molecular complexity index is 477. The molecule has 0 spiro atoms. The maximum Gasteiger partial charge on any atom is 0.101 e. The van der Waals surface area contributed by atoms with Crippen LogP contribution in [0.15, 0.2) is 18.2 Å². The smallest absolute Gasteiger partial charge is 0.101 e. The monoisotopic (exact) mass is 289 g/mol. The van der Waals surface area contributed by atoms with E-state index < -0.39 is 0 Å². The van der Waals surface area contributed by atoms with Crippen LogP contribution >= 0.6 is 0 Å². The van der Waals surface area contributed by atoms with Crippen LogP contribution in [0, 0.1) is 11.3 Å². The summed E-state index contributed by atoms with van der Waals surface area (Å²) in [5.74, 6) is 0. The van der Waals surface area contributed by atoms with Gasteiger partial charge in [0.15, 0.2) is 0 Å². The topological polar surface area (TPSA) is 48.3 Å². The molecule has 1 rings (SSSR count). The molecule has 0 saturated carbocycles. The van der Waals surface area contributed by atoms with E-state index in [0.29, 0.717) is 18.7 Å². The zero-order valence-electron chi connectivity index (χ0n) is 13.8. The molecule has 0 amide bonds. The lowest BCUT2D eigenvalue weighted by molar-refractivity contribution is 0.204. The van der Waals surface area contributed by atoms with Crippen molar-refractivity contribution in [3.8, 4) is 6.07 Å². The van der Waals surface area contributed by atoms with Crippen LogP contribution in [0.2, 0.25) is 0 Å². The second-order valence-electron chi connectivity index (χ2n) is 5.78. The average Bonchev–Trinajstić information content (AvgIpc) is 2.45. The number of hydrogen-bond acceptors (Lipinski definition) is 4. The van der Waals surface area contributed by atoms with E-state index in [9.17, 15) is 5.26 Å². The van der Waals surface area contributed by atoms with Gasteiger partial charge in [0.05, 0.1) is 17.9 Å². The molecule has 0 aromatic heterocycles. The Kier molecular flexibility index (Phi) is 7.21. The molecule has 4 nitrogen and oxygen atoms in total. The highest BCUT2D eigenvalue weighted by atomic mass is 16.5. The fourth-order valence-corrected chi connectivity index (χ4v) is 2.20. The highest BCUT2D eigenvalue weighted by Gasteiger charge is 2.15. The van der Waals surface area contributed by atoms with E-state index in [-0.39, 0.29) is 0 Å². The molecule has 0 unspecified atom stereocenters. The number of nitrogens with one attached hydrogen (secondary N) is 1. The molecule has 0 aliphatic heterocycles. The van der Waals surface area contributed by atoms with Gasteiger partial charge in [0.1, 0.15) is 6.07 Å². The van der Waals surface area contributed by atoms with Gasteiger partial charge in [-0.05, 0) is 31.5 Å². The van der Waals surface area contributed by atoms with Gasteiger partial charge in [0.2, 0.25) is 0 Å². The fourth-order valence-electron chi connectivity index (χ4n) is 2.20. The normalized spacial score (nSPS) is 11.0. The Morgan fingerprint density at radius 2 is 2.00 bits per heavy atom. The van der Waals surface area contributed by atoms with Gasteiger partial charge >= 0.3 is 0 Å². The molecular formula is C17H27N3O. The third-order valence-corrected chi connectivity index (χ3v) is 3.36. The average molecular weight is 289 g/mol. The molecule has 0 atom stereocenters. The molecule has 0 aliphatic carbocycles. The molecule has 21 heavy (non-hydrogen) atoms. The molecular weight excluding hydrogens is 262 g/mol. The van der Waals surface area contributed by atoms with Crippen LogP contribution in [0.25, 0.3) is 0 Å². The molecule has 1 aromatic rings. The fraction of sp³-hybridized carbons (Fsp3) is 0.588. The van der Waals surface area contributed by atoms with E-state index in [4.69, 9.17) is 4.74 Å². The number of hydrogen-bond donors (Lipinski definition) is 1. The van der Waals surface area contributed by atoms with Crippen molar-refractivity contribution in [2.24, 2.45) is 0 Å². The number of nitrogens with zero attached hydrogens (tertiary/aromatic N) is 2. The Hall–Kier alpha value is -1.57. The van der Waals surface area contributed by atoms with Crippen molar-refractivity contribution in [1.29, 1.82) is 5.26 Å². The van der Waals surface area contributed by atoms with Gasteiger partial charge in [-0.1, -0.05) is 19.9 Å². The second kappa shape index (κ2) is 8.66. The lowest BCUT2D eigenvalue weighted by Gasteiger charge is -2.29. The summed E-state index contributed by atoms with van der Waals surface area (Å²) in [6, 6.07) is 9.20. The van der Waals surface area contributed by atoms with E-state index in [2.05, 4.69) is 50.0 Å². The number of anilines is 1. The third-order valence-electron chi connectivity index (χ3n) is 3.36. The van der Waals surface area contributed by atoms with Crippen LogP contribution in [0.4, 0.5) is 5.69 Å². The molecule has 0 saturated heterocycles. The van der Waals surface area contributed by atoms with Crippen molar-refractivity contribution in [3.63, 3.8) is 0 Å². The Morgan fingerprint density at radius 1 is 1.29 bits per heavy atom. The zero-order valence-corrected chi connectivity index (χ0v) is 13.8. The van der Waals surface area contributed by atoms with Gasteiger partial charge in [-0.15, -0.1) is 0 Å². The van der Waals surface area contributed by atoms with E-state index in [1.165, 1.54) is 0 Å². The summed E-state index contributed by atoms with van der Waals surface area (Å²) in [4.78, 5) is 2.21. The maximum absolute atomic E-state index is 9.45. The first-order valence-corrected chi connectivity index (χ1v) is 7.51. The molecule has 4 heteroatoms. The van der Waals surface area contributed by atoms with Crippen LogP contribution in [0.1, 0.15) is 38.8 Å². The molecule has 116 valence electrons. The van der Waals surface area contributed by atoms with Crippen LogP contribution < -0.4 is 10.2 Å². The first-order valence-electron chi connectivity index (χ1n) is 7.51. The van der Waals surface area contributed by atoms with E-state index in [1.807, 2.05) is 12.1 Å². The zero-order chi connectivity index (χ0) is 15.8. The maximum atomic E-state index is 9.45. The largest absolute Gasteiger partial charge is 0.383 e. The van der Waals surface area contributed by atoms with Crippen LogP contribution in [-0.2, 0) is 11.3 Å². The number of ether oxygens (including phenoxy) is 1. The van der Waals surface area contributed by atoms with Gasteiger partial charge in [0, 0.05) is 32.3 Å². The standard InChI is InChI=1S/C17H27N3O/c1-13(2)19-12-15-6-7-17(16(10-15)11-18)20(14(3)4)8-9-21-5/h6-7,10,13-14,19H,8-9,12H2,1-5H3. The van der Waals surface area contributed by atoms with Crippen LogP contribution in [0.3, 0.4) is 0 Å². The Balaban J connectivity index is 2.98. The van der Waals surface area contributed by atoms with Gasteiger partial charge in [-0.25, -0.2) is 0 Å². The van der Waals surface area contributed by atoms with Gasteiger partial charge in [0.25, 0.3) is 0 Å². The summed E-state index contributed by atoms with van der Waals surface area (Å²) in [6.45, 7) is 10.7.